The highest BCUT2D eigenvalue weighted by molar-refractivity contribution is 5.89. The maximum absolute atomic E-state index is 12.5. The molecular formula is C68H105N19O14. The van der Waals surface area contributed by atoms with Gasteiger partial charge in [-0.25, -0.2) is 29.9 Å². The van der Waals surface area contributed by atoms with Crippen molar-refractivity contribution < 1.29 is 64.8 Å². The van der Waals surface area contributed by atoms with Gasteiger partial charge >= 0.3 is 0 Å². The van der Waals surface area contributed by atoms with Crippen LogP contribution in [0.1, 0.15) is 153 Å². The first-order chi connectivity index (χ1) is 48.4. The molecule has 6 aliphatic rings. The van der Waals surface area contributed by atoms with Gasteiger partial charge in [0.15, 0.2) is 72.9 Å². The van der Waals surface area contributed by atoms with Crippen LogP contribution in [0.2, 0.25) is 0 Å². The zero-order valence-electron chi connectivity index (χ0n) is 61.5. The third-order valence-corrected chi connectivity index (χ3v) is 17.9. The Morgan fingerprint density at radius 2 is 0.762 bits per heavy atom. The molecule has 0 saturated carbocycles. The van der Waals surface area contributed by atoms with E-state index in [9.17, 15) is 33.6 Å². The van der Waals surface area contributed by atoms with E-state index in [0.29, 0.717) is 99.3 Å². The molecule has 556 valence electrons. The number of carbonyl (C=O) groups is 7. The maximum atomic E-state index is 12.5. The van der Waals surface area contributed by atoms with Gasteiger partial charge in [-0.05, 0) is 96.9 Å². The van der Waals surface area contributed by atoms with Crippen LogP contribution >= 0.6 is 0 Å². The fourth-order valence-corrected chi connectivity index (χ4v) is 12.6. The fraction of sp³-hybridized carbons (Fsp3) is 0.632. The van der Waals surface area contributed by atoms with Gasteiger partial charge in [0.25, 0.3) is 0 Å². The summed E-state index contributed by atoms with van der Waals surface area (Å²) in [5.74, 6) is 4.42. The van der Waals surface area contributed by atoms with Crippen LogP contribution in [0, 0.1) is 5.92 Å². The lowest BCUT2D eigenvalue weighted by atomic mass is 10.0. The molecule has 33 heteroatoms. The molecule has 101 heavy (non-hydrogen) atoms. The van der Waals surface area contributed by atoms with Gasteiger partial charge in [0.05, 0.1) is 47.3 Å². The fourth-order valence-electron chi connectivity index (χ4n) is 12.6. The minimum absolute atomic E-state index is 0.0139. The number of ether oxygens (including phenoxy) is 1. The monoisotopic (exact) mass is 1410 g/mol. The highest BCUT2D eigenvalue weighted by atomic mass is 16.5. The van der Waals surface area contributed by atoms with Gasteiger partial charge in [0.2, 0.25) is 35.4 Å². The third kappa shape index (κ3) is 20.2. The zero-order valence-corrected chi connectivity index (χ0v) is 61.5. The maximum Gasteiger partial charge on any atom is 0.248 e. The molecule has 12 heterocycles. The van der Waals surface area contributed by atoms with E-state index in [1.807, 2.05) is 61.4 Å². The summed E-state index contributed by atoms with van der Waals surface area (Å²) in [6.45, 7) is 22.1. The van der Waals surface area contributed by atoms with Crippen LogP contribution in [0.5, 0.6) is 0 Å². The number of nitrogens with zero attached hydrogens (tertiary/aromatic N) is 13. The van der Waals surface area contributed by atoms with Gasteiger partial charge in [-0.1, -0.05) is 13.8 Å². The van der Waals surface area contributed by atoms with Crippen LogP contribution < -0.4 is 31.9 Å². The summed E-state index contributed by atoms with van der Waals surface area (Å²) in [6, 6.07) is -2.60. The Kier molecular flexibility index (Phi) is 29.9. The number of amides is 6. The molecule has 6 aromatic heterocycles. The number of hydrogen-bond donors (Lipinski definition) is 6. The Morgan fingerprint density at radius 3 is 1.07 bits per heavy atom. The number of hydrogen-bond acceptors (Lipinski definition) is 27. The molecule has 6 aromatic rings. The van der Waals surface area contributed by atoms with E-state index >= 15 is 0 Å². The van der Waals surface area contributed by atoms with E-state index < -0.39 is 30.2 Å². The van der Waals surface area contributed by atoms with Crippen LogP contribution in [0.25, 0.3) is 0 Å². The predicted molar refractivity (Wildman–Crippen MR) is 368 cm³/mol. The van der Waals surface area contributed by atoms with Crippen molar-refractivity contribution in [3.63, 3.8) is 0 Å². The molecule has 33 nitrogen and oxygen atoms in total. The number of carbonyl (C=O) groups excluding carboxylic acids is 7. The lowest BCUT2D eigenvalue weighted by Gasteiger charge is -2.36. The first-order valence-electron chi connectivity index (χ1n) is 34.4. The molecule has 6 atom stereocenters. The normalized spacial score (nSPS) is 20.6. The van der Waals surface area contributed by atoms with Gasteiger partial charge in [0, 0.05) is 123 Å². The van der Waals surface area contributed by atoms with E-state index in [-0.39, 0.29) is 59.4 Å². The topological polar surface area (TPSA) is 380 Å². The summed E-state index contributed by atoms with van der Waals surface area (Å²) >= 11 is 0. The number of Topliss-reactive ketones (excluding diaryl/α,β-unsaturated/α-hetero) is 1. The van der Waals surface area contributed by atoms with E-state index in [0.717, 1.165) is 92.4 Å². The van der Waals surface area contributed by atoms with Crippen molar-refractivity contribution in [1.82, 2.24) is 96.1 Å². The van der Waals surface area contributed by atoms with Crippen molar-refractivity contribution in [2.24, 2.45) is 5.92 Å². The SMILES string of the molecule is CCN1CCc2ncoc2C(NC)C1=O.CNC1C(=O)N(C(C)(C)C)CCc2ncoc21.CNC1C(=O)N(CC(C)=O)CCc2ncoc21.CNC1C(=O)N(CC(C)C)CCc2ncoc21.CNC1C(=O)N(CCN(C)C)CCc2ncoc21.CNC1C(=O)N(CCOC)CCc2ncoc21. The molecule has 0 radical (unpaired) electrons. The minimum Gasteiger partial charge on any atom is -0.446 e. The van der Waals surface area contributed by atoms with Crippen molar-refractivity contribution >= 4 is 41.2 Å². The zero-order chi connectivity index (χ0) is 73.7. The summed E-state index contributed by atoms with van der Waals surface area (Å²) in [6.07, 6.45) is 12.8. The van der Waals surface area contributed by atoms with Gasteiger partial charge in [-0.2, -0.15) is 0 Å². The van der Waals surface area contributed by atoms with Gasteiger partial charge < -0.3 is 97.4 Å². The molecule has 0 fully saturated rings. The molecule has 0 aliphatic carbocycles. The molecule has 6 aliphatic heterocycles. The predicted octanol–water partition coefficient (Wildman–Crippen LogP) is 2.19. The molecule has 0 bridgehead atoms. The number of nitrogens with one attached hydrogen (secondary N) is 6. The number of rotatable bonds is 17. The Bertz CT molecular complexity index is 3620. The van der Waals surface area contributed by atoms with Gasteiger partial charge in [-0.3, -0.25) is 33.6 Å². The van der Waals surface area contributed by atoms with E-state index in [1.165, 1.54) is 45.3 Å². The van der Waals surface area contributed by atoms with Crippen molar-refractivity contribution in [2.45, 2.75) is 129 Å². The molecule has 0 spiro atoms. The standard InChI is InChI=1S/C12H20N4O2.2C12H19N3O2.C11H15N3O3.C11H17N3O3.C10H15N3O2/c1-13-10-11-9(14-8-18-11)4-5-16(12(10)17)7-6-15(2)3;1-12(2,3)15-6-5-8-10(17-7-14-8)9(13-4)11(15)16;1-8(2)6-15-5-4-9-11(17-7-14-9)10(13-3)12(15)16;1-7(15)5-14-4-3-8-10(17-6-13-8)9(12-2)11(14)16;1-12-9-10-8(13-7-17-10)3-4-14(11(9)15)5-6-16-2;1-3-13-5-4-7-9(15-6-12-7)8(11-2)10(13)14/h8,10,13H,4-7H2,1-3H3;7,9,13H,5-6H2,1-4H3;7-8,10,13H,4-6H2,1-3H3;6,9,12H,3-5H2,1-2H3;7,9,12H,3-6H2,1-2H3;6,8,11H,3-5H2,1-2H3. The molecule has 12 rings (SSSR count). The summed E-state index contributed by atoms with van der Waals surface area (Å²) in [5.41, 5.74) is 5.00. The number of aromatic nitrogens is 6. The smallest absolute Gasteiger partial charge is 0.248 e. The summed E-state index contributed by atoms with van der Waals surface area (Å²) in [4.78, 5) is 123. The highest BCUT2D eigenvalue weighted by Crippen LogP contribution is 2.31. The Morgan fingerprint density at radius 1 is 0.475 bits per heavy atom. The van der Waals surface area contributed by atoms with Gasteiger partial charge in [-0.15, -0.1) is 0 Å². The van der Waals surface area contributed by atoms with E-state index in [2.05, 4.69) is 80.6 Å². The highest BCUT2D eigenvalue weighted by Gasteiger charge is 2.40. The number of oxazole rings is 6. The van der Waals surface area contributed by atoms with Crippen LogP contribution in [0.15, 0.2) is 64.9 Å². The first kappa shape index (κ1) is 79.8. The lowest BCUT2D eigenvalue weighted by Crippen LogP contribution is -2.49. The summed E-state index contributed by atoms with van der Waals surface area (Å²) < 4.78 is 36.9. The average Bonchev–Trinajstić information content (AvgIpc) is 1.73. The largest absolute Gasteiger partial charge is 0.446 e. The van der Waals surface area contributed by atoms with Crippen LogP contribution in [-0.4, -0.2) is 260 Å². The first-order valence-corrected chi connectivity index (χ1v) is 34.4. The Hall–Kier alpha value is -8.57. The number of likely N-dealkylation sites (N-methyl/N-ethyl adjacent to an activating group) is 8. The second-order valence-corrected chi connectivity index (χ2v) is 26.5. The van der Waals surface area contributed by atoms with Crippen molar-refractivity contribution in [2.75, 3.05) is 149 Å². The Balaban J connectivity index is 0.000000170. The van der Waals surface area contributed by atoms with E-state index in [4.69, 9.17) is 31.2 Å². The molecule has 6 N–H and O–H groups in total. The molecule has 6 unspecified atom stereocenters. The van der Waals surface area contributed by atoms with Crippen LogP contribution in [-0.2, 0) is 76.8 Å². The van der Waals surface area contributed by atoms with E-state index in [1.54, 1.807) is 59.2 Å². The molecule has 6 amide bonds. The second-order valence-electron chi connectivity index (χ2n) is 26.5. The third-order valence-electron chi connectivity index (χ3n) is 17.9. The lowest BCUT2D eigenvalue weighted by molar-refractivity contribution is -0.138. The van der Waals surface area contributed by atoms with Crippen molar-refractivity contribution in [3.05, 3.63) is 107 Å². The summed E-state index contributed by atoms with van der Waals surface area (Å²) in [5, 5.41) is 17.9. The number of methoxy groups -OCH3 is 1. The number of fused-ring (bicyclic) bond motifs is 6. The summed E-state index contributed by atoms with van der Waals surface area (Å²) in [7, 11) is 16.1. The Labute approximate surface area is 590 Å². The van der Waals surface area contributed by atoms with Crippen molar-refractivity contribution in [3.8, 4) is 0 Å². The number of ketones is 1. The van der Waals surface area contributed by atoms with Crippen molar-refractivity contribution in [1.29, 1.82) is 0 Å². The minimum atomic E-state index is -0.547. The van der Waals surface area contributed by atoms with Crippen LogP contribution in [0.3, 0.4) is 0 Å². The average molecular weight is 1410 g/mol. The quantitative estimate of drug-likeness (QED) is 0.0762. The molecule has 0 aromatic carbocycles. The van der Waals surface area contributed by atoms with Gasteiger partial charge in [0.1, 0.15) is 42.0 Å². The molecular weight excluding hydrogens is 1310 g/mol. The second kappa shape index (κ2) is 37.9. The van der Waals surface area contributed by atoms with Crippen LogP contribution in [0.4, 0.5) is 0 Å². The molecule has 0 saturated heterocycles.